The molecule has 0 saturated heterocycles. The lowest BCUT2D eigenvalue weighted by Crippen LogP contribution is -2.29. The van der Waals surface area contributed by atoms with Gasteiger partial charge >= 0.3 is 0 Å². The molecule has 0 bridgehead atoms. The van der Waals surface area contributed by atoms with Crippen LogP contribution in [0.2, 0.25) is 0 Å². The van der Waals surface area contributed by atoms with Gasteiger partial charge in [0, 0.05) is 5.56 Å². The largest absolute Gasteiger partial charge is 0.467 e. The first kappa shape index (κ1) is 15.4. The molecular formula is C16H13FN2O3S. The standard InChI is InChI=1S/C16H13FN2O3S/c17-11-5-2-1-4-10(11)16-18-8-14(23-16)15(21)19-12(9-20)13-6-3-7-22-13/h1-8,12,20H,9H2,(H,19,21). The third-order valence-electron chi connectivity index (χ3n) is 3.21. The second-order valence-electron chi connectivity index (χ2n) is 4.73. The van der Waals surface area contributed by atoms with Crippen LogP contribution in [0.1, 0.15) is 21.5 Å². The van der Waals surface area contributed by atoms with Gasteiger partial charge in [0.25, 0.3) is 5.91 Å². The van der Waals surface area contributed by atoms with Crippen LogP contribution < -0.4 is 5.32 Å². The number of nitrogens with one attached hydrogen (secondary N) is 1. The van der Waals surface area contributed by atoms with Gasteiger partial charge in [-0.1, -0.05) is 12.1 Å². The number of thiazole rings is 1. The van der Waals surface area contributed by atoms with Gasteiger partial charge in [0.15, 0.2) is 0 Å². The van der Waals surface area contributed by atoms with Crippen LogP contribution in [0.5, 0.6) is 0 Å². The lowest BCUT2D eigenvalue weighted by Gasteiger charge is -2.12. The zero-order chi connectivity index (χ0) is 16.2. The Kier molecular flexibility index (Phi) is 4.50. The van der Waals surface area contributed by atoms with Gasteiger partial charge in [-0.3, -0.25) is 4.79 Å². The Hall–Kier alpha value is -2.51. The summed E-state index contributed by atoms with van der Waals surface area (Å²) in [7, 11) is 0. The monoisotopic (exact) mass is 332 g/mol. The summed E-state index contributed by atoms with van der Waals surface area (Å²) in [6.45, 7) is -0.293. The van der Waals surface area contributed by atoms with Crippen molar-refractivity contribution in [3.05, 3.63) is 65.3 Å². The van der Waals surface area contributed by atoms with Gasteiger partial charge < -0.3 is 14.8 Å². The molecule has 0 spiro atoms. The molecule has 7 heteroatoms. The quantitative estimate of drug-likeness (QED) is 0.753. The molecule has 118 valence electrons. The van der Waals surface area contributed by atoms with Crippen LogP contribution >= 0.6 is 11.3 Å². The highest BCUT2D eigenvalue weighted by Gasteiger charge is 2.19. The number of amides is 1. The molecule has 2 heterocycles. The number of halogens is 1. The van der Waals surface area contributed by atoms with Crippen molar-refractivity contribution in [2.24, 2.45) is 0 Å². The summed E-state index contributed by atoms with van der Waals surface area (Å²) < 4.78 is 18.9. The number of benzene rings is 1. The van der Waals surface area contributed by atoms with Gasteiger partial charge in [-0.15, -0.1) is 11.3 Å². The van der Waals surface area contributed by atoms with E-state index in [1.807, 2.05) is 0 Å². The summed E-state index contributed by atoms with van der Waals surface area (Å²) >= 11 is 1.08. The lowest BCUT2D eigenvalue weighted by atomic mass is 10.2. The number of rotatable bonds is 5. The molecule has 0 fully saturated rings. The summed E-state index contributed by atoms with van der Waals surface area (Å²) in [5, 5.41) is 12.5. The number of hydrogen-bond donors (Lipinski definition) is 2. The summed E-state index contributed by atoms with van der Waals surface area (Å²) in [5.74, 6) is -0.335. The van der Waals surface area contributed by atoms with Crippen molar-refractivity contribution in [2.45, 2.75) is 6.04 Å². The minimum atomic E-state index is -0.642. The Morgan fingerprint density at radius 2 is 2.17 bits per heavy atom. The normalized spacial score (nSPS) is 12.1. The van der Waals surface area contributed by atoms with Gasteiger partial charge in [-0.05, 0) is 24.3 Å². The Bertz CT molecular complexity index is 801. The predicted octanol–water partition coefficient (Wildman–Crippen LogP) is 3.01. The topological polar surface area (TPSA) is 75.4 Å². The number of nitrogens with zero attached hydrogens (tertiary/aromatic N) is 1. The lowest BCUT2D eigenvalue weighted by molar-refractivity contribution is 0.0911. The van der Waals surface area contributed by atoms with E-state index < -0.39 is 17.8 Å². The predicted molar refractivity (Wildman–Crippen MR) is 83.5 cm³/mol. The van der Waals surface area contributed by atoms with E-state index in [9.17, 15) is 14.3 Å². The first-order chi connectivity index (χ1) is 11.2. The summed E-state index contributed by atoms with van der Waals surface area (Å²) in [6, 6.07) is 8.94. The van der Waals surface area contributed by atoms with Crippen molar-refractivity contribution in [1.29, 1.82) is 0 Å². The van der Waals surface area contributed by atoms with Gasteiger partial charge in [0.1, 0.15) is 27.5 Å². The molecule has 0 aliphatic carbocycles. The Morgan fingerprint density at radius 3 is 2.87 bits per heavy atom. The van der Waals surface area contributed by atoms with E-state index in [2.05, 4.69) is 10.3 Å². The maximum Gasteiger partial charge on any atom is 0.263 e. The molecule has 23 heavy (non-hydrogen) atoms. The van der Waals surface area contributed by atoms with Crippen LogP contribution in [0.4, 0.5) is 4.39 Å². The summed E-state index contributed by atoms with van der Waals surface area (Å²) in [4.78, 5) is 16.7. The number of aliphatic hydroxyl groups is 1. The van der Waals surface area contributed by atoms with Crippen molar-refractivity contribution >= 4 is 17.2 Å². The van der Waals surface area contributed by atoms with Crippen LogP contribution in [-0.2, 0) is 0 Å². The van der Waals surface area contributed by atoms with E-state index in [1.54, 1.807) is 30.3 Å². The number of furan rings is 1. The molecule has 1 amide bonds. The third kappa shape index (κ3) is 3.30. The van der Waals surface area contributed by atoms with Crippen molar-refractivity contribution in [3.63, 3.8) is 0 Å². The number of hydrogen-bond acceptors (Lipinski definition) is 5. The Balaban J connectivity index is 1.78. The molecule has 0 radical (unpaired) electrons. The zero-order valence-electron chi connectivity index (χ0n) is 11.9. The minimum Gasteiger partial charge on any atom is -0.467 e. The zero-order valence-corrected chi connectivity index (χ0v) is 12.7. The first-order valence-electron chi connectivity index (χ1n) is 6.85. The average molecular weight is 332 g/mol. The molecule has 0 aliphatic heterocycles. The molecule has 3 rings (SSSR count). The van der Waals surface area contributed by atoms with Gasteiger partial charge in [0.2, 0.25) is 0 Å². The van der Waals surface area contributed by atoms with Gasteiger partial charge in [0.05, 0.1) is 19.1 Å². The summed E-state index contributed by atoms with van der Waals surface area (Å²) in [5.41, 5.74) is 0.348. The van der Waals surface area contributed by atoms with E-state index in [1.165, 1.54) is 18.5 Å². The van der Waals surface area contributed by atoms with E-state index >= 15 is 0 Å². The van der Waals surface area contributed by atoms with E-state index in [4.69, 9.17) is 4.42 Å². The van der Waals surface area contributed by atoms with E-state index in [0.717, 1.165) is 11.3 Å². The van der Waals surface area contributed by atoms with Gasteiger partial charge in [-0.25, -0.2) is 9.37 Å². The number of carbonyl (C=O) groups is 1. The second kappa shape index (κ2) is 6.72. The molecule has 0 aliphatic rings. The number of aromatic nitrogens is 1. The molecular weight excluding hydrogens is 319 g/mol. The van der Waals surface area contributed by atoms with Gasteiger partial charge in [-0.2, -0.15) is 0 Å². The molecule has 3 aromatic rings. The van der Waals surface area contributed by atoms with E-state index in [-0.39, 0.29) is 6.61 Å². The maximum atomic E-state index is 13.8. The second-order valence-corrected chi connectivity index (χ2v) is 5.76. The van der Waals surface area contributed by atoms with Crippen molar-refractivity contribution in [1.82, 2.24) is 10.3 Å². The van der Waals surface area contributed by atoms with Crippen LogP contribution in [0.25, 0.3) is 10.6 Å². The Labute approximate surface area is 135 Å². The average Bonchev–Trinajstić information content (AvgIpc) is 3.24. The first-order valence-corrected chi connectivity index (χ1v) is 7.66. The SMILES string of the molecule is O=C(NC(CO)c1ccco1)c1cnc(-c2ccccc2F)s1. The number of carbonyl (C=O) groups excluding carboxylic acids is 1. The maximum absolute atomic E-state index is 13.8. The van der Waals surface area contributed by atoms with Crippen molar-refractivity contribution < 1.29 is 18.7 Å². The summed E-state index contributed by atoms with van der Waals surface area (Å²) in [6.07, 6.45) is 2.85. The Morgan fingerprint density at radius 1 is 1.35 bits per heavy atom. The molecule has 5 nitrogen and oxygen atoms in total. The van der Waals surface area contributed by atoms with Crippen molar-refractivity contribution in [2.75, 3.05) is 6.61 Å². The van der Waals surface area contributed by atoms with Crippen LogP contribution in [0, 0.1) is 5.82 Å². The van der Waals surface area contributed by atoms with Crippen LogP contribution in [0.3, 0.4) is 0 Å². The fourth-order valence-electron chi connectivity index (χ4n) is 2.06. The van der Waals surface area contributed by atoms with Crippen LogP contribution in [0.15, 0.2) is 53.3 Å². The third-order valence-corrected chi connectivity index (χ3v) is 4.24. The fraction of sp³-hybridized carbons (Fsp3) is 0.125. The highest BCUT2D eigenvalue weighted by atomic mass is 32.1. The fourth-order valence-corrected chi connectivity index (χ4v) is 2.91. The number of aliphatic hydroxyl groups excluding tert-OH is 1. The highest BCUT2D eigenvalue weighted by Crippen LogP contribution is 2.27. The molecule has 1 unspecified atom stereocenters. The minimum absolute atomic E-state index is 0.293. The molecule has 2 N–H and O–H groups in total. The van der Waals surface area contributed by atoms with Crippen LogP contribution in [-0.4, -0.2) is 22.6 Å². The molecule has 2 aromatic heterocycles. The molecule has 0 saturated carbocycles. The highest BCUT2D eigenvalue weighted by molar-refractivity contribution is 7.16. The van der Waals surface area contributed by atoms with Crippen molar-refractivity contribution in [3.8, 4) is 10.6 Å². The molecule has 1 atom stereocenters. The smallest absolute Gasteiger partial charge is 0.263 e. The molecule has 1 aromatic carbocycles. The van der Waals surface area contributed by atoms with E-state index in [0.29, 0.717) is 21.2 Å².